The van der Waals surface area contributed by atoms with Crippen molar-refractivity contribution in [2.24, 2.45) is 0 Å². The Morgan fingerprint density at radius 3 is 2.45 bits per heavy atom. The van der Waals surface area contributed by atoms with Crippen LogP contribution < -0.4 is 9.62 Å². The molecule has 0 atom stereocenters. The van der Waals surface area contributed by atoms with Crippen molar-refractivity contribution >= 4 is 33.4 Å². The smallest absolute Gasteiger partial charge is 0.240 e. The number of hydrogen-bond donors (Lipinski definition) is 1. The van der Waals surface area contributed by atoms with E-state index in [9.17, 15) is 13.2 Å². The van der Waals surface area contributed by atoms with Crippen LogP contribution in [0, 0.1) is 20.8 Å². The van der Waals surface area contributed by atoms with Gasteiger partial charge in [-0.15, -0.1) is 0 Å². The highest BCUT2D eigenvalue weighted by molar-refractivity contribution is 7.98. The molecular weight excluding hydrogens is 404 g/mol. The van der Waals surface area contributed by atoms with E-state index in [2.05, 4.69) is 36.5 Å². The molecule has 1 amide bonds. The highest BCUT2D eigenvalue weighted by atomic mass is 32.2. The second-order valence-corrected chi connectivity index (χ2v) is 10.3. The zero-order chi connectivity index (χ0) is 21.4. The summed E-state index contributed by atoms with van der Waals surface area (Å²) in [6.45, 7) is 6.21. The van der Waals surface area contributed by atoms with Gasteiger partial charge < -0.3 is 5.32 Å². The van der Waals surface area contributed by atoms with E-state index < -0.39 is 10.0 Å². The minimum atomic E-state index is -3.55. The molecule has 2 rings (SSSR count). The number of hydrogen-bond acceptors (Lipinski definition) is 4. The topological polar surface area (TPSA) is 66.5 Å². The van der Waals surface area contributed by atoms with Gasteiger partial charge in [0.25, 0.3) is 0 Å². The summed E-state index contributed by atoms with van der Waals surface area (Å²) in [5.74, 6) is 1.59. The second kappa shape index (κ2) is 10.7. The average Bonchev–Trinajstić information content (AvgIpc) is 2.62. The number of anilines is 1. The van der Waals surface area contributed by atoms with Crippen molar-refractivity contribution in [3.05, 3.63) is 64.7 Å². The largest absolute Gasteiger partial charge is 0.354 e. The summed E-state index contributed by atoms with van der Waals surface area (Å²) in [6.07, 6.45) is 1.96. The number of carbonyl (C=O) groups is 1. The van der Waals surface area contributed by atoms with E-state index in [4.69, 9.17) is 0 Å². The molecule has 0 saturated carbocycles. The number of rotatable bonds is 10. The van der Waals surface area contributed by atoms with Crippen molar-refractivity contribution < 1.29 is 13.2 Å². The van der Waals surface area contributed by atoms with Crippen molar-refractivity contribution in [2.45, 2.75) is 32.9 Å². The number of carbonyl (C=O) groups excluding carboxylic acids is 1. The van der Waals surface area contributed by atoms with Crippen LogP contribution in [0.2, 0.25) is 0 Å². The Bertz CT molecular complexity index is 943. The third-order valence-corrected chi connectivity index (χ3v) is 6.69. The summed E-state index contributed by atoms with van der Waals surface area (Å²) in [7, 11) is -3.55. The molecule has 0 spiro atoms. The fourth-order valence-electron chi connectivity index (χ4n) is 3.05. The Morgan fingerprint density at radius 1 is 1.07 bits per heavy atom. The Morgan fingerprint density at radius 2 is 1.79 bits per heavy atom. The molecule has 0 aliphatic heterocycles. The summed E-state index contributed by atoms with van der Waals surface area (Å²) >= 11 is 1.83. The van der Waals surface area contributed by atoms with Crippen molar-refractivity contribution in [1.82, 2.24) is 5.32 Å². The molecule has 5 nitrogen and oxygen atoms in total. The Balaban J connectivity index is 1.80. The minimum absolute atomic E-state index is 0.209. The van der Waals surface area contributed by atoms with Gasteiger partial charge in [-0.25, -0.2) is 8.42 Å². The molecule has 0 aliphatic carbocycles. The number of amides is 1. The van der Waals surface area contributed by atoms with Gasteiger partial charge in [0.2, 0.25) is 15.9 Å². The lowest BCUT2D eigenvalue weighted by Crippen LogP contribution is -2.41. The molecule has 0 aliphatic rings. The van der Waals surface area contributed by atoms with Gasteiger partial charge in [0.1, 0.15) is 6.54 Å². The molecule has 0 aromatic heterocycles. The molecule has 0 fully saturated rings. The summed E-state index contributed by atoms with van der Waals surface area (Å²) in [5.41, 5.74) is 4.98. The number of nitrogens with one attached hydrogen (secondary N) is 1. The first-order chi connectivity index (χ1) is 13.7. The Labute approximate surface area is 178 Å². The van der Waals surface area contributed by atoms with Gasteiger partial charge >= 0.3 is 0 Å². The van der Waals surface area contributed by atoms with Crippen LogP contribution in [-0.4, -0.2) is 39.4 Å². The molecule has 29 heavy (non-hydrogen) atoms. The van der Waals surface area contributed by atoms with Gasteiger partial charge in [-0.1, -0.05) is 47.5 Å². The first-order valence-corrected chi connectivity index (χ1v) is 12.6. The Hall–Kier alpha value is -1.99. The van der Waals surface area contributed by atoms with Crippen LogP contribution in [0.1, 0.15) is 28.7 Å². The van der Waals surface area contributed by atoms with Crippen molar-refractivity contribution in [2.75, 3.05) is 29.4 Å². The van der Waals surface area contributed by atoms with E-state index in [-0.39, 0.29) is 12.5 Å². The SMILES string of the molecule is Cc1cccc(CSCCCNC(=O)CN(c2ccc(C)cc2C)S(C)(=O)=O)c1. The summed E-state index contributed by atoms with van der Waals surface area (Å²) in [4.78, 5) is 12.3. The molecule has 158 valence electrons. The normalized spacial score (nSPS) is 11.3. The summed E-state index contributed by atoms with van der Waals surface area (Å²) < 4.78 is 25.6. The fourth-order valence-corrected chi connectivity index (χ4v) is 4.87. The molecular formula is C22H30N2O3S2. The third kappa shape index (κ3) is 7.74. The van der Waals surface area contributed by atoms with E-state index in [0.29, 0.717) is 12.2 Å². The van der Waals surface area contributed by atoms with Gasteiger partial charge in [-0.2, -0.15) is 11.8 Å². The van der Waals surface area contributed by atoms with Crippen molar-refractivity contribution in [3.8, 4) is 0 Å². The fraction of sp³-hybridized carbons (Fsp3) is 0.409. The van der Waals surface area contributed by atoms with Crippen LogP contribution in [0.3, 0.4) is 0 Å². The van der Waals surface area contributed by atoms with E-state index in [1.807, 2.05) is 37.7 Å². The van der Waals surface area contributed by atoms with Crippen molar-refractivity contribution in [1.29, 1.82) is 0 Å². The van der Waals surface area contributed by atoms with Crippen LogP contribution in [0.4, 0.5) is 5.69 Å². The summed E-state index contributed by atoms with van der Waals surface area (Å²) in [5, 5.41) is 2.84. The first-order valence-electron chi connectivity index (χ1n) is 9.62. The lowest BCUT2D eigenvalue weighted by Gasteiger charge is -2.24. The molecule has 0 radical (unpaired) electrons. The maximum Gasteiger partial charge on any atom is 0.240 e. The molecule has 7 heteroatoms. The zero-order valence-electron chi connectivity index (χ0n) is 17.6. The van der Waals surface area contributed by atoms with E-state index in [1.54, 1.807) is 6.07 Å². The predicted molar refractivity (Wildman–Crippen MR) is 123 cm³/mol. The lowest BCUT2D eigenvalue weighted by molar-refractivity contribution is -0.119. The zero-order valence-corrected chi connectivity index (χ0v) is 19.2. The maximum absolute atomic E-state index is 12.3. The van der Waals surface area contributed by atoms with Crippen LogP contribution in [0.15, 0.2) is 42.5 Å². The molecule has 0 bridgehead atoms. The third-order valence-electron chi connectivity index (χ3n) is 4.45. The van der Waals surface area contributed by atoms with Gasteiger partial charge in [-0.3, -0.25) is 9.10 Å². The van der Waals surface area contributed by atoms with E-state index in [0.717, 1.165) is 35.3 Å². The molecule has 1 N–H and O–H groups in total. The molecule has 2 aromatic carbocycles. The number of nitrogens with zero attached hydrogens (tertiary/aromatic N) is 1. The lowest BCUT2D eigenvalue weighted by atomic mass is 10.1. The molecule has 0 unspecified atom stereocenters. The van der Waals surface area contributed by atoms with Crippen LogP contribution in [0.5, 0.6) is 0 Å². The number of thioether (sulfide) groups is 1. The van der Waals surface area contributed by atoms with Crippen LogP contribution in [-0.2, 0) is 20.6 Å². The predicted octanol–water partition coefficient (Wildman–Crippen LogP) is 3.82. The number of aryl methyl sites for hydroxylation is 3. The van der Waals surface area contributed by atoms with Gasteiger partial charge in [0, 0.05) is 12.3 Å². The maximum atomic E-state index is 12.3. The number of benzene rings is 2. The standard InChI is InChI=1S/C22H30N2O3S2/c1-17-7-5-8-20(14-17)16-28-12-6-11-23-22(25)15-24(29(4,26)27)21-10-9-18(2)13-19(21)3/h5,7-10,13-14H,6,11-12,15-16H2,1-4H3,(H,23,25). The molecule has 0 heterocycles. The molecule has 0 saturated heterocycles. The van der Waals surface area contributed by atoms with Gasteiger partial charge in [0.15, 0.2) is 0 Å². The average molecular weight is 435 g/mol. The van der Waals surface area contributed by atoms with Gasteiger partial charge in [0.05, 0.1) is 11.9 Å². The van der Waals surface area contributed by atoms with Crippen LogP contribution in [0.25, 0.3) is 0 Å². The second-order valence-electron chi connectivity index (χ2n) is 7.30. The molecule has 2 aromatic rings. The van der Waals surface area contributed by atoms with Crippen LogP contribution >= 0.6 is 11.8 Å². The monoisotopic (exact) mass is 434 g/mol. The quantitative estimate of drug-likeness (QED) is 0.578. The number of sulfonamides is 1. The summed E-state index contributed by atoms with van der Waals surface area (Å²) in [6, 6.07) is 14.0. The van der Waals surface area contributed by atoms with Gasteiger partial charge in [-0.05, 0) is 50.1 Å². The Kier molecular flexibility index (Phi) is 8.59. The van der Waals surface area contributed by atoms with Crippen molar-refractivity contribution in [3.63, 3.8) is 0 Å². The first kappa shape index (κ1) is 23.3. The minimum Gasteiger partial charge on any atom is -0.354 e. The highest BCUT2D eigenvalue weighted by Gasteiger charge is 2.22. The highest BCUT2D eigenvalue weighted by Crippen LogP contribution is 2.23. The van der Waals surface area contributed by atoms with E-state index in [1.165, 1.54) is 15.4 Å². The van der Waals surface area contributed by atoms with E-state index >= 15 is 0 Å².